The van der Waals surface area contributed by atoms with Gasteiger partial charge in [0.25, 0.3) is 0 Å². The summed E-state index contributed by atoms with van der Waals surface area (Å²) in [7, 11) is 0. The van der Waals surface area contributed by atoms with Crippen molar-refractivity contribution in [3.05, 3.63) is 60.3 Å². The number of rotatable bonds is 3. The fourth-order valence-electron chi connectivity index (χ4n) is 2.11. The minimum Gasteiger partial charge on any atom is -0.397 e. The Morgan fingerprint density at radius 1 is 1.10 bits per heavy atom. The van der Waals surface area contributed by atoms with E-state index in [9.17, 15) is 4.79 Å². The summed E-state index contributed by atoms with van der Waals surface area (Å²) in [5, 5.41) is 4.18. The number of fused-ring (bicyclic) bond motifs is 1. The smallest absolute Gasteiger partial charge is 0.248 e. The van der Waals surface area contributed by atoms with Gasteiger partial charge in [0.05, 0.1) is 28.8 Å². The fourth-order valence-corrected chi connectivity index (χ4v) is 2.11. The second-order valence-electron chi connectivity index (χ2n) is 4.71. The highest BCUT2D eigenvalue weighted by Gasteiger charge is 2.06. The molecule has 3 rings (SSSR count). The Labute approximate surface area is 121 Å². The third-order valence-electron chi connectivity index (χ3n) is 3.21. The van der Waals surface area contributed by atoms with Gasteiger partial charge in [0, 0.05) is 10.9 Å². The number of nitrogens with two attached hydrogens (primary N) is 2. The molecular formula is C16H14N4O. The van der Waals surface area contributed by atoms with Gasteiger partial charge in [0.15, 0.2) is 0 Å². The van der Waals surface area contributed by atoms with E-state index in [1.54, 1.807) is 24.4 Å². The van der Waals surface area contributed by atoms with Crippen molar-refractivity contribution in [3.8, 4) is 0 Å². The first kappa shape index (κ1) is 12.9. The molecule has 0 aliphatic carbocycles. The quantitative estimate of drug-likeness (QED) is 0.642. The Morgan fingerprint density at radius 3 is 2.71 bits per heavy atom. The molecule has 0 aliphatic rings. The maximum atomic E-state index is 11.2. The standard InChI is InChI=1S/C16H14N4O/c17-13-6-5-11(16(18)21)8-15(13)20-12-7-10-3-1-2-4-14(10)19-9-12/h1-9,20H,17H2,(H2,18,21). The number of hydrogen-bond acceptors (Lipinski definition) is 4. The summed E-state index contributed by atoms with van der Waals surface area (Å²) in [6.07, 6.45) is 1.72. The van der Waals surface area contributed by atoms with Crippen LogP contribution in [0.25, 0.3) is 10.9 Å². The number of amides is 1. The van der Waals surface area contributed by atoms with E-state index in [2.05, 4.69) is 10.3 Å². The lowest BCUT2D eigenvalue weighted by Crippen LogP contribution is -2.11. The van der Waals surface area contributed by atoms with Crippen LogP contribution in [0.1, 0.15) is 10.4 Å². The average molecular weight is 278 g/mol. The predicted molar refractivity (Wildman–Crippen MR) is 84.4 cm³/mol. The van der Waals surface area contributed by atoms with Crippen molar-refractivity contribution < 1.29 is 4.79 Å². The van der Waals surface area contributed by atoms with Crippen LogP contribution < -0.4 is 16.8 Å². The van der Waals surface area contributed by atoms with Crippen molar-refractivity contribution in [2.24, 2.45) is 5.73 Å². The van der Waals surface area contributed by atoms with Gasteiger partial charge in [-0.15, -0.1) is 0 Å². The number of primary amides is 1. The number of anilines is 3. The summed E-state index contributed by atoms with van der Waals surface area (Å²) < 4.78 is 0. The molecule has 3 aromatic rings. The second kappa shape index (κ2) is 5.13. The minimum absolute atomic E-state index is 0.403. The van der Waals surface area contributed by atoms with Crippen LogP contribution in [0.4, 0.5) is 17.1 Å². The number of hydrogen-bond donors (Lipinski definition) is 3. The SMILES string of the molecule is NC(=O)c1ccc(N)c(Nc2cnc3ccccc3c2)c1. The highest BCUT2D eigenvalue weighted by Crippen LogP contribution is 2.25. The molecule has 0 atom stereocenters. The summed E-state index contributed by atoms with van der Waals surface area (Å²) >= 11 is 0. The molecule has 0 spiro atoms. The molecule has 0 aliphatic heterocycles. The van der Waals surface area contributed by atoms with Crippen LogP contribution in [0.15, 0.2) is 54.7 Å². The molecular weight excluding hydrogens is 264 g/mol. The van der Waals surface area contributed by atoms with Crippen LogP contribution in [0, 0.1) is 0 Å². The average Bonchev–Trinajstić information content (AvgIpc) is 2.49. The van der Waals surface area contributed by atoms with Crippen molar-refractivity contribution in [1.29, 1.82) is 0 Å². The zero-order chi connectivity index (χ0) is 14.8. The normalized spacial score (nSPS) is 10.5. The Morgan fingerprint density at radius 2 is 1.90 bits per heavy atom. The first-order valence-corrected chi connectivity index (χ1v) is 6.44. The molecule has 0 radical (unpaired) electrons. The van der Waals surface area contributed by atoms with Gasteiger partial charge in [-0.3, -0.25) is 9.78 Å². The van der Waals surface area contributed by atoms with Gasteiger partial charge in [-0.1, -0.05) is 18.2 Å². The Hall–Kier alpha value is -3.08. The van der Waals surface area contributed by atoms with Crippen molar-refractivity contribution in [2.45, 2.75) is 0 Å². The van der Waals surface area contributed by atoms with Gasteiger partial charge >= 0.3 is 0 Å². The lowest BCUT2D eigenvalue weighted by molar-refractivity contribution is 0.100. The Kier molecular flexibility index (Phi) is 3.16. The Bertz CT molecular complexity index is 829. The fraction of sp³-hybridized carbons (Fsp3) is 0. The van der Waals surface area contributed by atoms with E-state index in [4.69, 9.17) is 11.5 Å². The van der Waals surface area contributed by atoms with E-state index in [1.807, 2.05) is 30.3 Å². The second-order valence-corrected chi connectivity index (χ2v) is 4.71. The van der Waals surface area contributed by atoms with Gasteiger partial charge < -0.3 is 16.8 Å². The number of aromatic nitrogens is 1. The molecule has 0 saturated heterocycles. The van der Waals surface area contributed by atoms with Crippen LogP contribution in [0.3, 0.4) is 0 Å². The number of carbonyl (C=O) groups excluding carboxylic acids is 1. The molecule has 21 heavy (non-hydrogen) atoms. The maximum Gasteiger partial charge on any atom is 0.248 e. The van der Waals surface area contributed by atoms with Crippen LogP contribution in [-0.2, 0) is 0 Å². The van der Waals surface area contributed by atoms with E-state index >= 15 is 0 Å². The predicted octanol–water partition coefficient (Wildman–Crippen LogP) is 2.66. The van der Waals surface area contributed by atoms with Gasteiger partial charge in [-0.05, 0) is 30.3 Å². The van der Waals surface area contributed by atoms with Crippen LogP contribution in [0.2, 0.25) is 0 Å². The van der Waals surface area contributed by atoms with Gasteiger partial charge in [-0.25, -0.2) is 0 Å². The van der Waals surface area contributed by atoms with Gasteiger partial charge in [0.2, 0.25) is 5.91 Å². The third kappa shape index (κ3) is 2.62. The molecule has 1 heterocycles. The summed E-state index contributed by atoms with van der Waals surface area (Å²) in [6, 6.07) is 14.7. The lowest BCUT2D eigenvalue weighted by atomic mass is 10.1. The first-order chi connectivity index (χ1) is 10.1. The molecule has 5 heteroatoms. The number of pyridine rings is 1. The number of nitrogens with zero attached hydrogens (tertiary/aromatic N) is 1. The lowest BCUT2D eigenvalue weighted by Gasteiger charge is -2.11. The van der Waals surface area contributed by atoms with Crippen LogP contribution >= 0.6 is 0 Å². The number of para-hydroxylation sites is 1. The molecule has 1 amide bonds. The van der Waals surface area contributed by atoms with E-state index < -0.39 is 5.91 Å². The van der Waals surface area contributed by atoms with E-state index in [0.29, 0.717) is 16.9 Å². The molecule has 0 bridgehead atoms. The third-order valence-corrected chi connectivity index (χ3v) is 3.21. The maximum absolute atomic E-state index is 11.2. The van der Waals surface area contributed by atoms with Crippen molar-refractivity contribution in [1.82, 2.24) is 4.98 Å². The first-order valence-electron chi connectivity index (χ1n) is 6.44. The topological polar surface area (TPSA) is 94.0 Å². The van der Waals surface area contributed by atoms with Crippen molar-refractivity contribution >= 4 is 33.9 Å². The number of benzene rings is 2. The number of nitrogens with one attached hydrogen (secondary N) is 1. The molecule has 5 nitrogen and oxygen atoms in total. The van der Waals surface area contributed by atoms with Gasteiger partial charge in [-0.2, -0.15) is 0 Å². The highest BCUT2D eigenvalue weighted by molar-refractivity contribution is 5.95. The van der Waals surface area contributed by atoms with Gasteiger partial charge in [0.1, 0.15) is 0 Å². The number of nitrogen functional groups attached to an aromatic ring is 1. The van der Waals surface area contributed by atoms with E-state index in [-0.39, 0.29) is 0 Å². The molecule has 5 N–H and O–H groups in total. The zero-order valence-electron chi connectivity index (χ0n) is 11.2. The van der Waals surface area contributed by atoms with Crippen molar-refractivity contribution in [2.75, 3.05) is 11.1 Å². The van der Waals surface area contributed by atoms with E-state index in [1.165, 1.54) is 0 Å². The molecule has 2 aromatic carbocycles. The van der Waals surface area contributed by atoms with Crippen molar-refractivity contribution in [3.63, 3.8) is 0 Å². The minimum atomic E-state index is -0.491. The summed E-state index contributed by atoms with van der Waals surface area (Å²) in [5.41, 5.74) is 14.5. The molecule has 0 fully saturated rings. The summed E-state index contributed by atoms with van der Waals surface area (Å²) in [6.45, 7) is 0. The van der Waals surface area contributed by atoms with Crippen LogP contribution in [0.5, 0.6) is 0 Å². The summed E-state index contributed by atoms with van der Waals surface area (Å²) in [5.74, 6) is -0.491. The van der Waals surface area contributed by atoms with E-state index in [0.717, 1.165) is 16.6 Å². The monoisotopic (exact) mass is 278 g/mol. The molecule has 0 unspecified atom stereocenters. The summed E-state index contributed by atoms with van der Waals surface area (Å²) in [4.78, 5) is 15.6. The Balaban J connectivity index is 1.98. The molecule has 104 valence electrons. The number of carbonyl (C=O) groups is 1. The highest BCUT2D eigenvalue weighted by atomic mass is 16.1. The van der Waals surface area contributed by atoms with Crippen LogP contribution in [-0.4, -0.2) is 10.9 Å². The molecule has 0 saturated carbocycles. The molecule has 1 aromatic heterocycles. The zero-order valence-corrected chi connectivity index (χ0v) is 11.2. The largest absolute Gasteiger partial charge is 0.397 e.